The van der Waals surface area contributed by atoms with Crippen LogP contribution in [0.5, 0.6) is 0 Å². The van der Waals surface area contributed by atoms with E-state index >= 15 is 0 Å². The number of nitrogens with one attached hydrogen (secondary N) is 1. The number of carbonyl (C=O) groups excluding carboxylic acids is 1. The Labute approximate surface area is 106 Å². The zero-order valence-electron chi connectivity index (χ0n) is 10.1. The van der Waals surface area contributed by atoms with Gasteiger partial charge in [0, 0.05) is 11.3 Å². The van der Waals surface area contributed by atoms with E-state index in [-0.39, 0.29) is 11.9 Å². The molecule has 1 aromatic heterocycles. The van der Waals surface area contributed by atoms with Crippen LogP contribution in [-0.2, 0) is 11.2 Å². The molecule has 17 heavy (non-hydrogen) atoms. The van der Waals surface area contributed by atoms with Gasteiger partial charge < -0.3 is 5.32 Å². The minimum Gasteiger partial charge on any atom is -0.340 e. The standard InChI is InChI=1S/C13H18N2OS/c1-2-5-11(10-14)15-13(16)8-3-6-12-7-4-9-17-12/h4,7,9,11H,2-3,5-6,8H2,1H3,(H,15,16). The van der Waals surface area contributed by atoms with Gasteiger partial charge in [0.15, 0.2) is 0 Å². The maximum atomic E-state index is 11.6. The second-order valence-electron chi connectivity index (χ2n) is 3.97. The summed E-state index contributed by atoms with van der Waals surface area (Å²) in [5, 5.41) is 13.6. The fourth-order valence-electron chi connectivity index (χ4n) is 1.60. The van der Waals surface area contributed by atoms with Gasteiger partial charge in [0.2, 0.25) is 5.91 Å². The Balaban J connectivity index is 2.19. The van der Waals surface area contributed by atoms with Crippen LogP contribution in [0, 0.1) is 11.3 Å². The predicted molar refractivity (Wildman–Crippen MR) is 69.7 cm³/mol. The van der Waals surface area contributed by atoms with Crippen molar-refractivity contribution in [1.29, 1.82) is 5.26 Å². The topological polar surface area (TPSA) is 52.9 Å². The monoisotopic (exact) mass is 250 g/mol. The Morgan fingerprint density at radius 2 is 2.47 bits per heavy atom. The summed E-state index contributed by atoms with van der Waals surface area (Å²) < 4.78 is 0. The number of thiophene rings is 1. The number of nitriles is 1. The number of aryl methyl sites for hydroxylation is 1. The molecule has 0 aliphatic rings. The van der Waals surface area contributed by atoms with Gasteiger partial charge in [-0.1, -0.05) is 19.4 Å². The molecule has 1 amide bonds. The Morgan fingerprint density at radius 1 is 1.65 bits per heavy atom. The normalized spacial score (nSPS) is 11.8. The minimum absolute atomic E-state index is 0.0124. The summed E-state index contributed by atoms with van der Waals surface area (Å²) in [6.45, 7) is 2.01. The van der Waals surface area contributed by atoms with E-state index in [1.807, 2.05) is 18.4 Å². The average Bonchev–Trinajstić information content (AvgIpc) is 2.81. The molecule has 0 radical (unpaired) electrons. The number of hydrogen-bond donors (Lipinski definition) is 1. The van der Waals surface area contributed by atoms with Gasteiger partial charge in [0.1, 0.15) is 6.04 Å². The Bertz CT molecular complexity index is 367. The number of amides is 1. The van der Waals surface area contributed by atoms with Crippen LogP contribution < -0.4 is 5.32 Å². The van der Waals surface area contributed by atoms with E-state index in [0.29, 0.717) is 6.42 Å². The molecule has 0 aromatic carbocycles. The van der Waals surface area contributed by atoms with Gasteiger partial charge in [-0.2, -0.15) is 5.26 Å². The van der Waals surface area contributed by atoms with Gasteiger partial charge in [0.25, 0.3) is 0 Å². The largest absolute Gasteiger partial charge is 0.340 e. The average molecular weight is 250 g/mol. The van der Waals surface area contributed by atoms with Gasteiger partial charge in [-0.05, 0) is 30.7 Å². The van der Waals surface area contributed by atoms with Crippen LogP contribution in [0.2, 0.25) is 0 Å². The zero-order valence-corrected chi connectivity index (χ0v) is 10.9. The van der Waals surface area contributed by atoms with Crippen LogP contribution in [0.15, 0.2) is 17.5 Å². The van der Waals surface area contributed by atoms with Crippen molar-refractivity contribution in [2.75, 3.05) is 0 Å². The van der Waals surface area contributed by atoms with Crippen LogP contribution >= 0.6 is 11.3 Å². The maximum absolute atomic E-state index is 11.6. The molecule has 0 bridgehead atoms. The van der Waals surface area contributed by atoms with Gasteiger partial charge in [0.05, 0.1) is 6.07 Å². The predicted octanol–water partition coefficient (Wildman–Crippen LogP) is 2.88. The zero-order chi connectivity index (χ0) is 12.5. The summed E-state index contributed by atoms with van der Waals surface area (Å²) in [5.41, 5.74) is 0. The molecule has 0 saturated carbocycles. The van der Waals surface area contributed by atoms with Crippen LogP contribution in [0.1, 0.15) is 37.5 Å². The first-order valence-electron chi connectivity index (χ1n) is 5.97. The number of carbonyl (C=O) groups is 1. The molecule has 1 heterocycles. The number of rotatable bonds is 7. The molecular weight excluding hydrogens is 232 g/mol. The van der Waals surface area contributed by atoms with Crippen LogP contribution in [-0.4, -0.2) is 11.9 Å². The summed E-state index contributed by atoms with van der Waals surface area (Å²) >= 11 is 1.72. The molecule has 0 aliphatic heterocycles. The highest BCUT2D eigenvalue weighted by Gasteiger charge is 2.09. The lowest BCUT2D eigenvalue weighted by atomic mass is 10.1. The highest BCUT2D eigenvalue weighted by molar-refractivity contribution is 7.09. The van der Waals surface area contributed by atoms with Crippen molar-refractivity contribution in [3.63, 3.8) is 0 Å². The van der Waals surface area contributed by atoms with Gasteiger partial charge in [-0.3, -0.25) is 4.79 Å². The van der Waals surface area contributed by atoms with Gasteiger partial charge in [-0.25, -0.2) is 0 Å². The maximum Gasteiger partial charge on any atom is 0.221 e. The SMILES string of the molecule is CCCC(C#N)NC(=O)CCCc1cccs1. The highest BCUT2D eigenvalue weighted by atomic mass is 32.1. The summed E-state index contributed by atoms with van der Waals surface area (Å²) in [4.78, 5) is 12.9. The third-order valence-corrected chi connectivity index (χ3v) is 3.41. The van der Waals surface area contributed by atoms with Crippen LogP contribution in [0.4, 0.5) is 0 Å². The first-order chi connectivity index (χ1) is 8.26. The number of hydrogen-bond acceptors (Lipinski definition) is 3. The van der Waals surface area contributed by atoms with Gasteiger partial charge >= 0.3 is 0 Å². The molecule has 1 N–H and O–H groups in total. The minimum atomic E-state index is -0.325. The molecule has 0 fully saturated rings. The van der Waals surface area contributed by atoms with Crippen molar-refractivity contribution < 1.29 is 4.79 Å². The quantitative estimate of drug-likeness (QED) is 0.809. The summed E-state index contributed by atoms with van der Waals surface area (Å²) in [7, 11) is 0. The van der Waals surface area contributed by atoms with Crippen molar-refractivity contribution in [2.45, 2.75) is 45.1 Å². The third-order valence-electron chi connectivity index (χ3n) is 2.48. The lowest BCUT2D eigenvalue weighted by molar-refractivity contribution is -0.121. The first kappa shape index (κ1) is 13.7. The molecule has 1 rings (SSSR count). The second-order valence-corrected chi connectivity index (χ2v) is 5.00. The van der Waals surface area contributed by atoms with E-state index < -0.39 is 0 Å². The molecule has 4 heteroatoms. The lowest BCUT2D eigenvalue weighted by Gasteiger charge is -2.09. The Hall–Kier alpha value is -1.34. The van der Waals surface area contributed by atoms with Crippen LogP contribution in [0.25, 0.3) is 0 Å². The molecule has 0 saturated heterocycles. The second kappa shape index (κ2) is 7.86. The van der Waals surface area contributed by atoms with E-state index in [1.54, 1.807) is 11.3 Å². The van der Waals surface area contributed by atoms with E-state index in [9.17, 15) is 4.79 Å². The molecule has 1 unspecified atom stereocenters. The van der Waals surface area contributed by atoms with E-state index in [0.717, 1.165) is 25.7 Å². The van der Waals surface area contributed by atoms with Gasteiger partial charge in [-0.15, -0.1) is 11.3 Å². The molecule has 1 atom stereocenters. The van der Waals surface area contributed by atoms with E-state index in [4.69, 9.17) is 5.26 Å². The lowest BCUT2D eigenvalue weighted by Crippen LogP contribution is -2.33. The number of nitrogens with zero attached hydrogens (tertiary/aromatic N) is 1. The summed E-state index contributed by atoms with van der Waals surface area (Å²) in [5.74, 6) is -0.0124. The fourth-order valence-corrected chi connectivity index (χ4v) is 2.35. The molecule has 92 valence electrons. The molecule has 3 nitrogen and oxygen atoms in total. The Kier molecular flexibility index (Phi) is 6.34. The van der Waals surface area contributed by atoms with Crippen molar-refractivity contribution in [3.05, 3.63) is 22.4 Å². The van der Waals surface area contributed by atoms with Crippen molar-refractivity contribution in [2.24, 2.45) is 0 Å². The molecule has 0 aliphatic carbocycles. The van der Waals surface area contributed by atoms with Crippen molar-refractivity contribution in [1.82, 2.24) is 5.32 Å². The summed E-state index contributed by atoms with van der Waals surface area (Å²) in [6.07, 6.45) is 3.92. The van der Waals surface area contributed by atoms with E-state index in [1.165, 1.54) is 4.88 Å². The van der Waals surface area contributed by atoms with Crippen molar-refractivity contribution >= 4 is 17.2 Å². The molecule has 1 aromatic rings. The summed E-state index contributed by atoms with van der Waals surface area (Å²) in [6, 6.07) is 5.89. The third kappa shape index (κ3) is 5.50. The highest BCUT2D eigenvalue weighted by Crippen LogP contribution is 2.11. The van der Waals surface area contributed by atoms with Crippen LogP contribution in [0.3, 0.4) is 0 Å². The first-order valence-corrected chi connectivity index (χ1v) is 6.85. The fraction of sp³-hybridized carbons (Fsp3) is 0.538. The van der Waals surface area contributed by atoms with E-state index in [2.05, 4.69) is 17.5 Å². The van der Waals surface area contributed by atoms with Crippen molar-refractivity contribution in [3.8, 4) is 6.07 Å². The Morgan fingerprint density at radius 3 is 3.06 bits per heavy atom. The molecular formula is C13H18N2OS. The smallest absolute Gasteiger partial charge is 0.221 e. The molecule has 0 spiro atoms.